The fourth-order valence-corrected chi connectivity index (χ4v) is 1.58. The van der Waals surface area contributed by atoms with E-state index < -0.39 is 0 Å². The molecular formula is C13H16N2O2. The molecule has 0 aliphatic rings. The highest BCUT2D eigenvalue weighted by Crippen LogP contribution is 2.14. The summed E-state index contributed by atoms with van der Waals surface area (Å²) in [5, 5.41) is 1.09. The number of nitrogens with one attached hydrogen (secondary N) is 1. The number of nitrogens with zero attached hydrogens (tertiary/aromatic N) is 1. The first-order valence-corrected chi connectivity index (χ1v) is 5.56. The second-order valence-corrected chi connectivity index (χ2v) is 4.22. The number of benzene rings is 1. The van der Waals surface area contributed by atoms with Crippen molar-refractivity contribution in [3.63, 3.8) is 0 Å². The molecule has 0 saturated heterocycles. The van der Waals surface area contributed by atoms with Crippen LogP contribution in [-0.2, 0) is 4.74 Å². The van der Waals surface area contributed by atoms with E-state index >= 15 is 0 Å². The molecule has 0 saturated carbocycles. The molecule has 1 aromatic carbocycles. The number of rotatable bonds is 4. The van der Waals surface area contributed by atoms with E-state index in [0.717, 1.165) is 17.4 Å². The molecule has 0 radical (unpaired) electrons. The zero-order chi connectivity index (χ0) is 12.3. The minimum absolute atomic E-state index is 0.275. The van der Waals surface area contributed by atoms with Crippen molar-refractivity contribution in [2.24, 2.45) is 0 Å². The molecule has 0 fully saturated rings. The zero-order valence-electron chi connectivity index (χ0n) is 10.1. The van der Waals surface area contributed by atoms with Gasteiger partial charge in [0.2, 0.25) is 0 Å². The van der Waals surface area contributed by atoms with Crippen LogP contribution in [0.1, 0.15) is 10.4 Å². The maximum Gasteiger partial charge on any atom is 0.338 e. The molecule has 0 bridgehead atoms. The Bertz CT molecular complexity index is 517. The molecule has 1 heterocycles. The fourth-order valence-electron chi connectivity index (χ4n) is 1.58. The third kappa shape index (κ3) is 2.85. The second-order valence-electron chi connectivity index (χ2n) is 4.22. The van der Waals surface area contributed by atoms with Crippen molar-refractivity contribution >= 4 is 16.9 Å². The quantitative estimate of drug-likeness (QED) is 0.819. The van der Waals surface area contributed by atoms with Crippen molar-refractivity contribution < 1.29 is 9.53 Å². The van der Waals surface area contributed by atoms with Crippen molar-refractivity contribution in [1.82, 2.24) is 9.88 Å². The molecule has 0 aliphatic carbocycles. The Morgan fingerprint density at radius 2 is 2.18 bits per heavy atom. The standard InChI is InChI=1S/C13H16N2O2/c1-15(2)7-8-17-13(16)11-4-3-10-5-6-14-12(10)9-11/h3-6,9,14H,7-8H2,1-2H3. The van der Waals surface area contributed by atoms with Gasteiger partial charge in [-0.05, 0) is 37.7 Å². The lowest BCUT2D eigenvalue weighted by Gasteiger charge is -2.09. The summed E-state index contributed by atoms with van der Waals surface area (Å²) >= 11 is 0. The first-order chi connectivity index (χ1) is 8.16. The highest BCUT2D eigenvalue weighted by Gasteiger charge is 2.08. The van der Waals surface area contributed by atoms with Crippen LogP contribution in [0.15, 0.2) is 30.5 Å². The van der Waals surface area contributed by atoms with Gasteiger partial charge >= 0.3 is 5.97 Å². The number of likely N-dealkylation sites (N-methyl/N-ethyl adjacent to an activating group) is 1. The topological polar surface area (TPSA) is 45.3 Å². The van der Waals surface area contributed by atoms with Crippen LogP contribution in [0.25, 0.3) is 10.9 Å². The van der Waals surface area contributed by atoms with Crippen LogP contribution >= 0.6 is 0 Å². The van der Waals surface area contributed by atoms with Crippen LogP contribution in [0.3, 0.4) is 0 Å². The number of fused-ring (bicyclic) bond motifs is 1. The van der Waals surface area contributed by atoms with Crippen LogP contribution in [0.4, 0.5) is 0 Å². The average molecular weight is 232 g/mol. The second kappa shape index (κ2) is 5.01. The van der Waals surface area contributed by atoms with Gasteiger partial charge in [0.05, 0.1) is 5.56 Å². The number of ether oxygens (including phenoxy) is 1. The largest absolute Gasteiger partial charge is 0.461 e. The van der Waals surface area contributed by atoms with E-state index in [4.69, 9.17) is 4.74 Å². The van der Waals surface area contributed by atoms with E-state index in [0.29, 0.717) is 12.2 Å². The normalized spacial score (nSPS) is 11.0. The monoisotopic (exact) mass is 232 g/mol. The SMILES string of the molecule is CN(C)CCOC(=O)c1ccc2cc[nH]c2c1. The molecule has 0 amide bonds. The number of aromatic nitrogens is 1. The van der Waals surface area contributed by atoms with Gasteiger partial charge in [-0.2, -0.15) is 0 Å². The minimum atomic E-state index is -0.275. The Balaban J connectivity index is 2.03. The third-order valence-corrected chi connectivity index (χ3v) is 2.56. The minimum Gasteiger partial charge on any atom is -0.461 e. The maximum absolute atomic E-state index is 11.7. The molecule has 0 aliphatic heterocycles. The van der Waals surface area contributed by atoms with Gasteiger partial charge in [-0.3, -0.25) is 0 Å². The highest BCUT2D eigenvalue weighted by molar-refractivity contribution is 5.94. The summed E-state index contributed by atoms with van der Waals surface area (Å²) in [5.74, 6) is -0.275. The summed E-state index contributed by atoms with van der Waals surface area (Å²) in [7, 11) is 3.89. The maximum atomic E-state index is 11.7. The lowest BCUT2D eigenvalue weighted by Crippen LogP contribution is -2.20. The number of esters is 1. The van der Waals surface area contributed by atoms with Gasteiger partial charge in [0.15, 0.2) is 0 Å². The summed E-state index contributed by atoms with van der Waals surface area (Å²) in [6.45, 7) is 1.14. The number of hydrogen-bond donors (Lipinski definition) is 1. The number of H-pyrrole nitrogens is 1. The number of aromatic amines is 1. The molecule has 0 unspecified atom stereocenters. The van der Waals surface area contributed by atoms with Crippen LogP contribution in [0.2, 0.25) is 0 Å². The van der Waals surface area contributed by atoms with Crippen LogP contribution in [0, 0.1) is 0 Å². The Kier molecular flexibility index (Phi) is 3.44. The van der Waals surface area contributed by atoms with Gasteiger partial charge in [-0.15, -0.1) is 0 Å². The van der Waals surface area contributed by atoms with Gasteiger partial charge in [0, 0.05) is 18.3 Å². The lowest BCUT2D eigenvalue weighted by atomic mass is 10.2. The zero-order valence-corrected chi connectivity index (χ0v) is 10.1. The van der Waals surface area contributed by atoms with Crippen molar-refractivity contribution in [1.29, 1.82) is 0 Å². The van der Waals surface area contributed by atoms with E-state index in [-0.39, 0.29) is 5.97 Å². The number of carbonyl (C=O) groups excluding carboxylic acids is 1. The summed E-state index contributed by atoms with van der Waals surface area (Å²) in [5.41, 5.74) is 1.53. The Morgan fingerprint density at radius 1 is 1.35 bits per heavy atom. The van der Waals surface area contributed by atoms with Gasteiger partial charge < -0.3 is 14.6 Å². The van der Waals surface area contributed by atoms with Gasteiger partial charge in [0.1, 0.15) is 6.61 Å². The molecule has 90 valence electrons. The highest BCUT2D eigenvalue weighted by atomic mass is 16.5. The molecule has 17 heavy (non-hydrogen) atoms. The first kappa shape index (κ1) is 11.7. The Labute approximate surface area is 100 Å². The molecule has 2 rings (SSSR count). The molecule has 0 spiro atoms. The van der Waals surface area contributed by atoms with E-state index in [1.165, 1.54) is 0 Å². The predicted molar refractivity (Wildman–Crippen MR) is 67.1 cm³/mol. The molecular weight excluding hydrogens is 216 g/mol. The smallest absolute Gasteiger partial charge is 0.338 e. The van der Waals surface area contributed by atoms with Gasteiger partial charge in [0.25, 0.3) is 0 Å². The molecule has 0 atom stereocenters. The summed E-state index contributed by atoms with van der Waals surface area (Å²) < 4.78 is 5.17. The summed E-state index contributed by atoms with van der Waals surface area (Å²) in [6, 6.07) is 7.48. The molecule has 2 aromatic rings. The van der Waals surface area contributed by atoms with Gasteiger partial charge in [-0.25, -0.2) is 4.79 Å². The third-order valence-electron chi connectivity index (χ3n) is 2.56. The van der Waals surface area contributed by atoms with Crippen LogP contribution in [-0.4, -0.2) is 43.1 Å². The molecule has 1 aromatic heterocycles. The first-order valence-electron chi connectivity index (χ1n) is 5.56. The molecule has 4 heteroatoms. The number of carbonyl (C=O) groups is 1. The van der Waals surface area contributed by atoms with E-state index in [1.54, 1.807) is 6.07 Å². The van der Waals surface area contributed by atoms with E-state index in [2.05, 4.69) is 4.98 Å². The Morgan fingerprint density at radius 3 is 2.94 bits per heavy atom. The van der Waals surface area contributed by atoms with E-state index in [1.807, 2.05) is 43.4 Å². The fraction of sp³-hybridized carbons (Fsp3) is 0.308. The van der Waals surface area contributed by atoms with Gasteiger partial charge in [-0.1, -0.05) is 6.07 Å². The summed E-state index contributed by atoms with van der Waals surface area (Å²) in [4.78, 5) is 16.8. The predicted octanol–water partition coefficient (Wildman–Crippen LogP) is 1.89. The number of hydrogen-bond acceptors (Lipinski definition) is 3. The van der Waals surface area contributed by atoms with Crippen molar-refractivity contribution in [2.45, 2.75) is 0 Å². The molecule has 4 nitrogen and oxygen atoms in total. The summed E-state index contributed by atoms with van der Waals surface area (Å²) in [6.07, 6.45) is 1.85. The van der Waals surface area contributed by atoms with Crippen LogP contribution < -0.4 is 0 Å². The van der Waals surface area contributed by atoms with Crippen molar-refractivity contribution in [3.05, 3.63) is 36.0 Å². The lowest BCUT2D eigenvalue weighted by molar-refractivity contribution is 0.0482. The van der Waals surface area contributed by atoms with Crippen molar-refractivity contribution in [2.75, 3.05) is 27.2 Å². The average Bonchev–Trinajstić information content (AvgIpc) is 2.75. The van der Waals surface area contributed by atoms with E-state index in [9.17, 15) is 4.79 Å². The molecule has 1 N–H and O–H groups in total. The Hall–Kier alpha value is -1.81. The van der Waals surface area contributed by atoms with Crippen molar-refractivity contribution in [3.8, 4) is 0 Å². The van der Waals surface area contributed by atoms with Crippen LogP contribution in [0.5, 0.6) is 0 Å².